The van der Waals surface area contributed by atoms with Crippen molar-refractivity contribution in [1.29, 1.82) is 5.26 Å². The van der Waals surface area contributed by atoms with E-state index in [1.54, 1.807) is 11.8 Å². The Morgan fingerprint density at radius 1 is 1.26 bits per heavy atom. The second-order valence-corrected chi connectivity index (χ2v) is 7.49. The van der Waals surface area contributed by atoms with E-state index in [2.05, 4.69) is 17.1 Å². The number of aryl methyl sites for hydroxylation is 2. The van der Waals surface area contributed by atoms with E-state index in [9.17, 15) is 4.79 Å². The summed E-state index contributed by atoms with van der Waals surface area (Å²) < 4.78 is 0. The van der Waals surface area contributed by atoms with Crippen molar-refractivity contribution in [1.82, 2.24) is 4.98 Å². The van der Waals surface area contributed by atoms with Crippen molar-refractivity contribution in [2.75, 3.05) is 0 Å². The zero-order valence-electron chi connectivity index (χ0n) is 13.7. The van der Waals surface area contributed by atoms with Crippen LogP contribution in [0, 0.1) is 38.0 Å². The third-order valence-electron chi connectivity index (χ3n) is 4.30. The lowest BCUT2D eigenvalue weighted by molar-refractivity contribution is 0.791. The highest BCUT2D eigenvalue weighted by Crippen LogP contribution is 2.39. The number of benzene rings is 1. The van der Waals surface area contributed by atoms with Crippen LogP contribution in [0.3, 0.4) is 0 Å². The third kappa shape index (κ3) is 3.51. The van der Waals surface area contributed by atoms with E-state index in [1.807, 2.05) is 32.9 Å². The lowest BCUT2D eigenvalue weighted by atomic mass is 10.1. The van der Waals surface area contributed by atoms with Gasteiger partial charge in [-0.25, -0.2) is 0 Å². The number of nitrogens with one attached hydrogen (secondary N) is 1. The Kier molecular flexibility index (Phi) is 4.32. The van der Waals surface area contributed by atoms with Crippen molar-refractivity contribution in [3.05, 3.63) is 56.5 Å². The maximum absolute atomic E-state index is 12.2. The summed E-state index contributed by atoms with van der Waals surface area (Å²) in [6, 6.07) is 8.06. The van der Waals surface area contributed by atoms with E-state index in [0.29, 0.717) is 5.56 Å². The van der Waals surface area contributed by atoms with Gasteiger partial charge in [-0.3, -0.25) is 4.79 Å². The topological polar surface area (TPSA) is 56.6 Å². The fourth-order valence-corrected chi connectivity index (χ4v) is 4.09. The van der Waals surface area contributed by atoms with Gasteiger partial charge in [-0.15, -0.1) is 0 Å². The number of nitriles is 1. The monoisotopic (exact) mass is 324 g/mol. The molecular weight excluding hydrogens is 304 g/mol. The molecule has 0 saturated heterocycles. The minimum Gasteiger partial charge on any atom is -0.326 e. The van der Waals surface area contributed by atoms with E-state index in [0.717, 1.165) is 39.0 Å². The van der Waals surface area contributed by atoms with Crippen molar-refractivity contribution < 1.29 is 0 Å². The zero-order valence-corrected chi connectivity index (χ0v) is 14.5. The van der Waals surface area contributed by atoms with Gasteiger partial charge >= 0.3 is 0 Å². The molecule has 0 unspecified atom stereocenters. The van der Waals surface area contributed by atoms with Crippen LogP contribution in [-0.2, 0) is 6.42 Å². The van der Waals surface area contributed by atoms with Gasteiger partial charge in [-0.1, -0.05) is 11.8 Å². The molecule has 1 aromatic carbocycles. The SMILES string of the molecule is Cc1cc(C#N)cc(Sc2c(CC3CC3)c(C)[nH]c(=O)c2C)c1. The van der Waals surface area contributed by atoms with Crippen LogP contribution in [0.15, 0.2) is 32.8 Å². The number of H-pyrrole nitrogens is 1. The standard InChI is InChI=1S/C19H20N2OS/c1-11-6-15(10-20)8-16(7-11)23-18-12(2)19(22)21-13(3)17(18)9-14-4-5-14/h6-8,14H,4-5,9H2,1-3H3,(H,21,22). The number of hydrogen-bond acceptors (Lipinski definition) is 3. The molecule has 0 amide bonds. The van der Waals surface area contributed by atoms with Crippen molar-refractivity contribution in [3.8, 4) is 6.07 Å². The predicted octanol–water partition coefficient (Wildman–Crippen LogP) is 4.28. The molecule has 118 valence electrons. The average Bonchev–Trinajstić information content (AvgIpc) is 3.32. The summed E-state index contributed by atoms with van der Waals surface area (Å²) in [6.07, 6.45) is 3.60. The molecule has 0 bridgehead atoms. The molecule has 1 aliphatic carbocycles. The summed E-state index contributed by atoms with van der Waals surface area (Å²) >= 11 is 1.61. The molecule has 2 aromatic rings. The molecule has 3 rings (SSSR count). The third-order valence-corrected chi connectivity index (χ3v) is 5.53. The van der Waals surface area contributed by atoms with Crippen LogP contribution < -0.4 is 5.56 Å². The van der Waals surface area contributed by atoms with Crippen LogP contribution >= 0.6 is 11.8 Å². The van der Waals surface area contributed by atoms with Crippen LogP contribution in [0.1, 0.15) is 40.8 Å². The molecule has 1 aromatic heterocycles. The molecule has 3 nitrogen and oxygen atoms in total. The summed E-state index contributed by atoms with van der Waals surface area (Å²) in [7, 11) is 0. The van der Waals surface area contributed by atoms with E-state index >= 15 is 0 Å². The van der Waals surface area contributed by atoms with Crippen LogP contribution in [0.25, 0.3) is 0 Å². The minimum atomic E-state index is -0.0160. The Balaban J connectivity index is 2.06. The highest BCUT2D eigenvalue weighted by atomic mass is 32.2. The zero-order chi connectivity index (χ0) is 16.6. The van der Waals surface area contributed by atoms with Crippen molar-refractivity contribution >= 4 is 11.8 Å². The van der Waals surface area contributed by atoms with Gasteiger partial charge in [-0.2, -0.15) is 5.26 Å². The largest absolute Gasteiger partial charge is 0.326 e. The summed E-state index contributed by atoms with van der Waals surface area (Å²) in [6.45, 7) is 5.86. The molecule has 1 N–H and O–H groups in total. The maximum atomic E-state index is 12.2. The fraction of sp³-hybridized carbons (Fsp3) is 0.368. The van der Waals surface area contributed by atoms with Gasteiger partial charge in [0.1, 0.15) is 0 Å². The number of aromatic amines is 1. The molecule has 0 atom stereocenters. The first kappa shape index (κ1) is 15.9. The highest BCUT2D eigenvalue weighted by molar-refractivity contribution is 7.99. The molecular formula is C19H20N2OS. The summed E-state index contributed by atoms with van der Waals surface area (Å²) in [5, 5.41) is 9.16. The van der Waals surface area contributed by atoms with Crippen LogP contribution in [0.2, 0.25) is 0 Å². The molecule has 23 heavy (non-hydrogen) atoms. The van der Waals surface area contributed by atoms with Crippen LogP contribution in [-0.4, -0.2) is 4.98 Å². The molecule has 4 heteroatoms. The molecule has 1 heterocycles. The van der Waals surface area contributed by atoms with E-state index in [4.69, 9.17) is 5.26 Å². The lowest BCUT2D eigenvalue weighted by Gasteiger charge is -2.15. The molecule has 0 spiro atoms. The smallest absolute Gasteiger partial charge is 0.252 e. The van der Waals surface area contributed by atoms with Crippen molar-refractivity contribution in [3.63, 3.8) is 0 Å². The average molecular weight is 324 g/mol. The molecule has 0 aliphatic heterocycles. The first-order valence-electron chi connectivity index (χ1n) is 7.90. The normalized spacial score (nSPS) is 13.8. The molecule has 1 fully saturated rings. The molecule has 1 saturated carbocycles. The lowest BCUT2D eigenvalue weighted by Crippen LogP contribution is -2.15. The number of nitrogens with zero attached hydrogens (tertiary/aromatic N) is 1. The maximum Gasteiger partial charge on any atom is 0.252 e. The van der Waals surface area contributed by atoms with Crippen LogP contribution in [0.4, 0.5) is 0 Å². The van der Waals surface area contributed by atoms with Gasteiger partial charge in [0.15, 0.2) is 0 Å². The van der Waals surface area contributed by atoms with E-state index in [-0.39, 0.29) is 5.56 Å². The Bertz CT molecular complexity index is 857. The van der Waals surface area contributed by atoms with Crippen molar-refractivity contribution in [2.45, 2.75) is 49.8 Å². The highest BCUT2D eigenvalue weighted by Gasteiger charge is 2.25. The minimum absolute atomic E-state index is 0.0160. The number of aromatic nitrogens is 1. The molecule has 0 radical (unpaired) electrons. The summed E-state index contributed by atoms with van der Waals surface area (Å²) in [4.78, 5) is 17.2. The Morgan fingerprint density at radius 3 is 2.65 bits per heavy atom. The predicted molar refractivity (Wildman–Crippen MR) is 93.0 cm³/mol. The van der Waals surface area contributed by atoms with Gasteiger partial charge in [0.25, 0.3) is 5.56 Å². The fourth-order valence-electron chi connectivity index (χ4n) is 2.82. The van der Waals surface area contributed by atoms with E-state index in [1.165, 1.54) is 18.4 Å². The first-order chi connectivity index (χ1) is 11.0. The van der Waals surface area contributed by atoms with Gasteiger partial charge in [-0.05, 0) is 75.3 Å². The number of rotatable bonds is 4. The van der Waals surface area contributed by atoms with Gasteiger partial charge in [0, 0.05) is 21.0 Å². The molecule has 1 aliphatic rings. The Hall–Kier alpha value is -1.99. The second-order valence-electron chi connectivity index (χ2n) is 6.41. The Labute approximate surface area is 140 Å². The van der Waals surface area contributed by atoms with Gasteiger partial charge in [0.2, 0.25) is 0 Å². The number of hydrogen-bond donors (Lipinski definition) is 1. The Morgan fingerprint density at radius 2 is 2.00 bits per heavy atom. The van der Waals surface area contributed by atoms with E-state index < -0.39 is 0 Å². The second kappa shape index (κ2) is 6.25. The first-order valence-corrected chi connectivity index (χ1v) is 8.71. The van der Waals surface area contributed by atoms with Crippen LogP contribution in [0.5, 0.6) is 0 Å². The summed E-state index contributed by atoms with van der Waals surface area (Å²) in [5.41, 5.74) is 4.72. The van der Waals surface area contributed by atoms with Gasteiger partial charge in [0.05, 0.1) is 11.6 Å². The van der Waals surface area contributed by atoms with Gasteiger partial charge < -0.3 is 4.98 Å². The summed E-state index contributed by atoms with van der Waals surface area (Å²) in [5.74, 6) is 0.755. The quantitative estimate of drug-likeness (QED) is 0.913. The number of pyridine rings is 1. The van der Waals surface area contributed by atoms with Crippen molar-refractivity contribution in [2.24, 2.45) is 5.92 Å².